The standard InChI is InChI=1S/C20H22N2O2/c1-22-18(17-12-6-7-13-19(17)23-2)15-21-20(22)24-14-8-11-16-9-4-3-5-10-16/h3-7,9-10,12-13,15H,8,11,14H2,1-2H3. The van der Waals surface area contributed by atoms with Crippen molar-refractivity contribution in [2.75, 3.05) is 13.7 Å². The van der Waals surface area contributed by atoms with Crippen LogP contribution in [0.2, 0.25) is 0 Å². The minimum absolute atomic E-state index is 0.629. The van der Waals surface area contributed by atoms with E-state index in [1.165, 1.54) is 5.56 Å². The van der Waals surface area contributed by atoms with Crippen molar-refractivity contribution in [3.8, 4) is 23.0 Å². The third kappa shape index (κ3) is 3.59. The molecule has 4 heteroatoms. The molecule has 0 saturated carbocycles. The van der Waals surface area contributed by atoms with Crippen molar-refractivity contribution < 1.29 is 9.47 Å². The third-order valence-electron chi connectivity index (χ3n) is 4.01. The van der Waals surface area contributed by atoms with Gasteiger partial charge < -0.3 is 9.47 Å². The number of para-hydroxylation sites is 1. The van der Waals surface area contributed by atoms with Gasteiger partial charge in [0.2, 0.25) is 0 Å². The molecule has 0 aliphatic rings. The van der Waals surface area contributed by atoms with Gasteiger partial charge in [-0.05, 0) is 30.5 Å². The lowest BCUT2D eigenvalue weighted by Gasteiger charge is -2.10. The average Bonchev–Trinajstić information content (AvgIpc) is 3.00. The topological polar surface area (TPSA) is 36.3 Å². The van der Waals surface area contributed by atoms with Gasteiger partial charge in [-0.25, -0.2) is 4.98 Å². The molecule has 0 aliphatic heterocycles. The Bertz CT molecular complexity index is 781. The first-order valence-corrected chi connectivity index (χ1v) is 8.11. The van der Waals surface area contributed by atoms with Crippen LogP contribution in [0.1, 0.15) is 12.0 Å². The number of hydrogen-bond donors (Lipinski definition) is 0. The summed E-state index contributed by atoms with van der Waals surface area (Å²) in [5.41, 5.74) is 3.32. The first-order valence-electron chi connectivity index (χ1n) is 8.11. The first-order chi connectivity index (χ1) is 11.8. The monoisotopic (exact) mass is 322 g/mol. The van der Waals surface area contributed by atoms with Crippen molar-refractivity contribution in [3.63, 3.8) is 0 Å². The fourth-order valence-corrected chi connectivity index (χ4v) is 2.72. The predicted octanol–water partition coefficient (Wildman–Crippen LogP) is 4.11. The molecular formula is C20H22N2O2. The quantitative estimate of drug-likeness (QED) is 0.614. The van der Waals surface area contributed by atoms with Crippen molar-refractivity contribution in [1.29, 1.82) is 0 Å². The van der Waals surface area contributed by atoms with Crippen LogP contribution >= 0.6 is 0 Å². The lowest BCUT2D eigenvalue weighted by atomic mass is 10.1. The lowest BCUT2D eigenvalue weighted by Crippen LogP contribution is -2.04. The molecule has 0 bridgehead atoms. The molecule has 0 amide bonds. The largest absolute Gasteiger partial charge is 0.496 e. The van der Waals surface area contributed by atoms with Crippen molar-refractivity contribution in [1.82, 2.24) is 9.55 Å². The second-order valence-corrected chi connectivity index (χ2v) is 5.62. The van der Waals surface area contributed by atoms with E-state index in [1.54, 1.807) is 7.11 Å². The summed E-state index contributed by atoms with van der Waals surface area (Å²) >= 11 is 0. The highest BCUT2D eigenvalue weighted by atomic mass is 16.5. The number of rotatable bonds is 7. The summed E-state index contributed by atoms with van der Waals surface area (Å²) in [6.07, 6.45) is 3.79. The van der Waals surface area contributed by atoms with Crippen molar-refractivity contribution in [2.45, 2.75) is 12.8 Å². The van der Waals surface area contributed by atoms with Gasteiger partial charge in [-0.3, -0.25) is 4.57 Å². The second-order valence-electron chi connectivity index (χ2n) is 5.62. The zero-order chi connectivity index (χ0) is 16.8. The molecule has 124 valence electrons. The van der Waals surface area contributed by atoms with Gasteiger partial charge in [0.15, 0.2) is 0 Å². The van der Waals surface area contributed by atoms with E-state index in [-0.39, 0.29) is 0 Å². The molecule has 1 heterocycles. The van der Waals surface area contributed by atoms with E-state index in [0.29, 0.717) is 12.6 Å². The van der Waals surface area contributed by atoms with Crippen LogP contribution in [0.25, 0.3) is 11.3 Å². The van der Waals surface area contributed by atoms with Crippen LogP contribution in [0.4, 0.5) is 0 Å². The van der Waals surface area contributed by atoms with E-state index in [4.69, 9.17) is 9.47 Å². The molecule has 0 aliphatic carbocycles. The van der Waals surface area contributed by atoms with E-state index in [2.05, 4.69) is 29.2 Å². The van der Waals surface area contributed by atoms with Gasteiger partial charge in [-0.1, -0.05) is 42.5 Å². The Labute approximate surface area is 142 Å². The minimum atomic E-state index is 0.629. The molecular weight excluding hydrogens is 300 g/mol. The average molecular weight is 322 g/mol. The van der Waals surface area contributed by atoms with Crippen LogP contribution in [-0.4, -0.2) is 23.3 Å². The highest BCUT2D eigenvalue weighted by Gasteiger charge is 2.13. The van der Waals surface area contributed by atoms with Gasteiger partial charge >= 0.3 is 0 Å². The molecule has 0 spiro atoms. The van der Waals surface area contributed by atoms with E-state index < -0.39 is 0 Å². The zero-order valence-electron chi connectivity index (χ0n) is 14.1. The fraction of sp³-hybridized carbons (Fsp3) is 0.250. The number of benzene rings is 2. The van der Waals surface area contributed by atoms with Crippen LogP contribution in [0.3, 0.4) is 0 Å². The number of methoxy groups -OCH3 is 1. The van der Waals surface area contributed by atoms with E-state index in [0.717, 1.165) is 29.8 Å². The molecule has 0 saturated heterocycles. The molecule has 0 N–H and O–H groups in total. The molecule has 2 aromatic carbocycles. The molecule has 1 aromatic heterocycles. The molecule has 4 nitrogen and oxygen atoms in total. The Morgan fingerprint density at radius 1 is 1.00 bits per heavy atom. The highest BCUT2D eigenvalue weighted by Crippen LogP contribution is 2.31. The number of nitrogens with zero attached hydrogens (tertiary/aromatic N) is 2. The van der Waals surface area contributed by atoms with Crippen LogP contribution in [-0.2, 0) is 13.5 Å². The molecule has 0 unspecified atom stereocenters. The maximum Gasteiger partial charge on any atom is 0.296 e. The van der Waals surface area contributed by atoms with Crippen LogP contribution < -0.4 is 9.47 Å². The maximum absolute atomic E-state index is 5.85. The predicted molar refractivity (Wildman–Crippen MR) is 95.5 cm³/mol. The summed E-state index contributed by atoms with van der Waals surface area (Å²) < 4.78 is 13.2. The van der Waals surface area contributed by atoms with Crippen LogP contribution in [0, 0.1) is 0 Å². The smallest absolute Gasteiger partial charge is 0.296 e. The summed E-state index contributed by atoms with van der Waals surface area (Å²) in [7, 11) is 3.64. The molecule has 0 fully saturated rings. The van der Waals surface area contributed by atoms with E-state index >= 15 is 0 Å². The van der Waals surface area contributed by atoms with Crippen LogP contribution in [0.15, 0.2) is 60.8 Å². The lowest BCUT2D eigenvalue weighted by molar-refractivity contribution is 0.278. The summed E-state index contributed by atoms with van der Waals surface area (Å²) in [6, 6.07) is 19.0. The Morgan fingerprint density at radius 3 is 2.54 bits per heavy atom. The van der Waals surface area contributed by atoms with Crippen LogP contribution in [0.5, 0.6) is 11.8 Å². The van der Waals surface area contributed by atoms with Gasteiger partial charge in [0.25, 0.3) is 6.01 Å². The SMILES string of the molecule is COc1ccccc1-c1cnc(OCCCc2ccccc2)n1C. The maximum atomic E-state index is 5.85. The normalized spacial score (nSPS) is 10.6. The minimum Gasteiger partial charge on any atom is -0.496 e. The summed E-state index contributed by atoms with van der Waals surface area (Å²) in [6.45, 7) is 0.644. The molecule has 24 heavy (non-hydrogen) atoms. The molecule has 3 aromatic rings. The number of ether oxygens (including phenoxy) is 2. The number of aryl methyl sites for hydroxylation is 1. The van der Waals surface area contributed by atoms with E-state index in [9.17, 15) is 0 Å². The number of imidazole rings is 1. The summed E-state index contributed by atoms with van der Waals surface area (Å²) in [5, 5.41) is 0. The second kappa shape index (κ2) is 7.68. The van der Waals surface area contributed by atoms with Gasteiger partial charge in [0.1, 0.15) is 5.75 Å². The number of aromatic nitrogens is 2. The Morgan fingerprint density at radius 2 is 1.75 bits per heavy atom. The Hall–Kier alpha value is -2.75. The van der Waals surface area contributed by atoms with Gasteiger partial charge in [-0.2, -0.15) is 0 Å². The third-order valence-corrected chi connectivity index (χ3v) is 4.01. The van der Waals surface area contributed by atoms with Gasteiger partial charge in [-0.15, -0.1) is 0 Å². The van der Waals surface area contributed by atoms with Crippen molar-refractivity contribution in [2.24, 2.45) is 7.05 Å². The fourth-order valence-electron chi connectivity index (χ4n) is 2.72. The number of hydrogen-bond acceptors (Lipinski definition) is 3. The van der Waals surface area contributed by atoms with Gasteiger partial charge in [0, 0.05) is 12.6 Å². The van der Waals surface area contributed by atoms with E-state index in [1.807, 2.05) is 48.1 Å². The summed E-state index contributed by atoms with van der Waals surface area (Å²) in [5.74, 6) is 0.830. The summed E-state index contributed by atoms with van der Waals surface area (Å²) in [4.78, 5) is 4.40. The van der Waals surface area contributed by atoms with Crippen molar-refractivity contribution in [3.05, 3.63) is 66.4 Å². The molecule has 0 atom stereocenters. The first kappa shape index (κ1) is 16.1. The Kier molecular flexibility index (Phi) is 5.16. The molecule has 0 radical (unpaired) electrons. The Balaban J connectivity index is 1.63. The zero-order valence-corrected chi connectivity index (χ0v) is 14.1. The molecule has 3 rings (SSSR count). The highest BCUT2D eigenvalue weighted by molar-refractivity contribution is 5.67. The van der Waals surface area contributed by atoms with Crippen molar-refractivity contribution >= 4 is 0 Å². The van der Waals surface area contributed by atoms with Gasteiger partial charge in [0.05, 0.1) is 25.6 Å².